The number of aryl methyl sites for hydroxylation is 3. The maximum atomic E-state index is 3.82. The van der Waals surface area contributed by atoms with Crippen LogP contribution < -0.4 is 5.32 Å². The predicted molar refractivity (Wildman–Crippen MR) is 105 cm³/mol. The summed E-state index contributed by atoms with van der Waals surface area (Å²) in [5.74, 6) is 0. The Kier molecular flexibility index (Phi) is 4.70. The van der Waals surface area contributed by atoms with E-state index in [0.717, 1.165) is 12.6 Å². The molecule has 0 spiro atoms. The topological polar surface area (TPSA) is 20.2 Å². The van der Waals surface area contributed by atoms with E-state index in [1.165, 1.54) is 66.7 Å². The van der Waals surface area contributed by atoms with Gasteiger partial charge in [0.2, 0.25) is 0 Å². The van der Waals surface area contributed by atoms with Crippen LogP contribution in [0.3, 0.4) is 0 Å². The van der Waals surface area contributed by atoms with Crippen molar-refractivity contribution in [3.8, 4) is 11.1 Å². The molecule has 3 nitrogen and oxygen atoms in total. The van der Waals surface area contributed by atoms with Crippen LogP contribution in [0.25, 0.3) is 11.1 Å². The van der Waals surface area contributed by atoms with Crippen molar-refractivity contribution >= 4 is 0 Å². The van der Waals surface area contributed by atoms with Crippen molar-refractivity contribution in [2.45, 2.75) is 51.6 Å². The van der Waals surface area contributed by atoms with Gasteiger partial charge in [0.1, 0.15) is 0 Å². The number of piperidine rings is 1. The number of aromatic nitrogens is 1. The lowest BCUT2D eigenvalue weighted by Crippen LogP contribution is -2.43. The standard InChI is InChI=1S/C22H31N3/c1-16-6-8-18(9-7-16)21-17(2)15-24(3)22(21)20-14-19(10-11-23-20)25-12-4-5-13-25/h6-9,15,19-20,23H,4-5,10-14H2,1-3H3. The highest BCUT2D eigenvalue weighted by Gasteiger charge is 2.31. The molecule has 0 radical (unpaired) electrons. The third-order valence-electron chi connectivity index (χ3n) is 6.12. The Morgan fingerprint density at radius 3 is 2.48 bits per heavy atom. The summed E-state index contributed by atoms with van der Waals surface area (Å²) in [6.45, 7) is 8.14. The van der Waals surface area contributed by atoms with Gasteiger partial charge in [-0.3, -0.25) is 0 Å². The van der Waals surface area contributed by atoms with Gasteiger partial charge in [-0.2, -0.15) is 0 Å². The highest BCUT2D eigenvalue weighted by Crippen LogP contribution is 2.37. The van der Waals surface area contributed by atoms with E-state index in [1.54, 1.807) is 0 Å². The van der Waals surface area contributed by atoms with E-state index in [4.69, 9.17) is 0 Å². The zero-order valence-electron chi connectivity index (χ0n) is 15.9. The van der Waals surface area contributed by atoms with Crippen molar-refractivity contribution in [1.29, 1.82) is 0 Å². The molecule has 3 heteroatoms. The minimum absolute atomic E-state index is 0.453. The van der Waals surface area contributed by atoms with Crippen molar-refractivity contribution in [3.63, 3.8) is 0 Å². The van der Waals surface area contributed by atoms with Crippen LogP contribution in [0.1, 0.15) is 48.5 Å². The Morgan fingerprint density at radius 1 is 1.04 bits per heavy atom. The van der Waals surface area contributed by atoms with Crippen LogP contribution in [-0.2, 0) is 7.05 Å². The fraction of sp³-hybridized carbons (Fsp3) is 0.545. The number of benzene rings is 1. The lowest BCUT2D eigenvalue weighted by molar-refractivity contribution is 0.173. The van der Waals surface area contributed by atoms with E-state index in [9.17, 15) is 0 Å². The molecule has 0 aliphatic carbocycles. The summed E-state index contributed by atoms with van der Waals surface area (Å²) >= 11 is 0. The molecule has 25 heavy (non-hydrogen) atoms. The Labute approximate surface area is 152 Å². The molecule has 1 aromatic heterocycles. The third kappa shape index (κ3) is 3.28. The van der Waals surface area contributed by atoms with Gasteiger partial charge in [0.25, 0.3) is 0 Å². The van der Waals surface area contributed by atoms with E-state index in [1.807, 2.05) is 0 Å². The minimum Gasteiger partial charge on any atom is -0.352 e. The van der Waals surface area contributed by atoms with Gasteiger partial charge < -0.3 is 14.8 Å². The smallest absolute Gasteiger partial charge is 0.0496 e. The zero-order chi connectivity index (χ0) is 17.4. The van der Waals surface area contributed by atoms with Crippen LogP contribution in [0.15, 0.2) is 30.5 Å². The van der Waals surface area contributed by atoms with Gasteiger partial charge in [0, 0.05) is 36.6 Å². The van der Waals surface area contributed by atoms with Crippen LogP contribution in [-0.4, -0.2) is 35.1 Å². The average Bonchev–Trinajstić information content (AvgIpc) is 3.24. The second kappa shape index (κ2) is 6.97. The molecule has 0 amide bonds. The maximum Gasteiger partial charge on any atom is 0.0496 e. The number of likely N-dealkylation sites (tertiary alicyclic amines) is 1. The number of nitrogens with one attached hydrogen (secondary N) is 1. The SMILES string of the molecule is Cc1ccc(-c2c(C)cn(C)c2C2CC(N3CCCC3)CCN2)cc1. The number of hydrogen-bond acceptors (Lipinski definition) is 2. The third-order valence-corrected chi connectivity index (χ3v) is 6.12. The van der Waals surface area contributed by atoms with Gasteiger partial charge in [0.15, 0.2) is 0 Å². The summed E-state index contributed by atoms with van der Waals surface area (Å²) in [5, 5.41) is 3.82. The van der Waals surface area contributed by atoms with E-state index in [-0.39, 0.29) is 0 Å². The number of nitrogens with zero attached hydrogens (tertiary/aromatic N) is 2. The molecule has 4 rings (SSSR count). The van der Waals surface area contributed by atoms with Crippen molar-refractivity contribution in [1.82, 2.24) is 14.8 Å². The van der Waals surface area contributed by atoms with Crippen molar-refractivity contribution in [2.75, 3.05) is 19.6 Å². The Balaban J connectivity index is 1.66. The van der Waals surface area contributed by atoms with Crippen LogP contribution in [0.2, 0.25) is 0 Å². The summed E-state index contributed by atoms with van der Waals surface area (Å²) in [5.41, 5.74) is 6.95. The molecule has 1 N–H and O–H groups in total. The van der Waals surface area contributed by atoms with Gasteiger partial charge in [-0.25, -0.2) is 0 Å². The average molecular weight is 338 g/mol. The lowest BCUT2D eigenvalue weighted by atomic mass is 9.91. The van der Waals surface area contributed by atoms with E-state index >= 15 is 0 Å². The lowest BCUT2D eigenvalue weighted by Gasteiger charge is -2.36. The Bertz CT molecular complexity index is 722. The molecule has 2 fully saturated rings. The quantitative estimate of drug-likeness (QED) is 0.906. The summed E-state index contributed by atoms with van der Waals surface area (Å²) in [4.78, 5) is 2.73. The first kappa shape index (κ1) is 16.9. The Morgan fingerprint density at radius 2 is 1.76 bits per heavy atom. The van der Waals surface area contributed by atoms with Crippen molar-refractivity contribution < 1.29 is 0 Å². The largest absolute Gasteiger partial charge is 0.352 e. The van der Waals surface area contributed by atoms with Crippen LogP contribution in [0, 0.1) is 13.8 Å². The highest BCUT2D eigenvalue weighted by atomic mass is 15.2. The normalized spacial score (nSPS) is 24.8. The second-order valence-electron chi connectivity index (χ2n) is 7.98. The Hall–Kier alpha value is -1.58. The predicted octanol–water partition coefficient (Wildman–Crippen LogP) is 4.20. The van der Waals surface area contributed by atoms with Crippen molar-refractivity contribution in [3.05, 3.63) is 47.3 Å². The molecule has 1 aromatic carbocycles. The van der Waals surface area contributed by atoms with E-state index in [2.05, 4.69) is 66.1 Å². The molecule has 2 saturated heterocycles. The molecule has 134 valence electrons. The first-order valence-corrected chi connectivity index (χ1v) is 9.84. The first-order chi connectivity index (χ1) is 12.1. The first-order valence-electron chi connectivity index (χ1n) is 9.84. The van der Waals surface area contributed by atoms with E-state index < -0.39 is 0 Å². The summed E-state index contributed by atoms with van der Waals surface area (Å²) in [6.07, 6.45) is 7.58. The second-order valence-corrected chi connectivity index (χ2v) is 7.98. The fourth-order valence-corrected chi connectivity index (χ4v) is 4.86. The number of rotatable bonds is 3. The van der Waals surface area contributed by atoms with Crippen LogP contribution >= 0.6 is 0 Å². The van der Waals surface area contributed by atoms with Gasteiger partial charge in [0.05, 0.1) is 0 Å². The minimum atomic E-state index is 0.453. The summed E-state index contributed by atoms with van der Waals surface area (Å²) in [7, 11) is 2.21. The molecule has 3 heterocycles. The molecule has 0 bridgehead atoms. The molecule has 0 saturated carbocycles. The van der Waals surface area contributed by atoms with Gasteiger partial charge in [-0.1, -0.05) is 29.8 Å². The molecule has 2 atom stereocenters. The molecular formula is C22H31N3. The highest BCUT2D eigenvalue weighted by molar-refractivity contribution is 5.71. The van der Waals surface area contributed by atoms with Crippen LogP contribution in [0.5, 0.6) is 0 Å². The molecule has 2 unspecified atom stereocenters. The fourth-order valence-electron chi connectivity index (χ4n) is 4.86. The van der Waals surface area contributed by atoms with Gasteiger partial charge in [-0.05, 0) is 70.3 Å². The van der Waals surface area contributed by atoms with Crippen LogP contribution in [0.4, 0.5) is 0 Å². The van der Waals surface area contributed by atoms with Gasteiger partial charge >= 0.3 is 0 Å². The molecular weight excluding hydrogens is 306 g/mol. The van der Waals surface area contributed by atoms with Crippen molar-refractivity contribution in [2.24, 2.45) is 7.05 Å². The monoisotopic (exact) mass is 337 g/mol. The number of hydrogen-bond donors (Lipinski definition) is 1. The molecule has 2 aliphatic rings. The molecule has 2 aliphatic heterocycles. The van der Waals surface area contributed by atoms with Gasteiger partial charge in [-0.15, -0.1) is 0 Å². The summed E-state index contributed by atoms with van der Waals surface area (Å²) in [6, 6.07) is 10.2. The molecule has 2 aromatic rings. The summed E-state index contributed by atoms with van der Waals surface area (Å²) < 4.78 is 2.36. The maximum absolute atomic E-state index is 3.82. The zero-order valence-corrected chi connectivity index (χ0v) is 15.9. The van der Waals surface area contributed by atoms with E-state index in [0.29, 0.717) is 6.04 Å².